The first kappa shape index (κ1) is 12.9. The molecule has 5 N–H and O–H groups in total. The molecule has 0 saturated carbocycles. The summed E-state index contributed by atoms with van der Waals surface area (Å²) in [6.45, 7) is 3.76. The molecule has 0 bridgehead atoms. The van der Waals surface area contributed by atoms with E-state index in [1.807, 2.05) is 13.8 Å². The number of hydrogen-bond donors (Lipinski definition) is 3. The summed E-state index contributed by atoms with van der Waals surface area (Å²) in [6, 6.07) is 0.0721. The van der Waals surface area contributed by atoms with E-state index in [2.05, 4.69) is 15.6 Å². The fourth-order valence-corrected chi connectivity index (χ4v) is 1.17. The number of rotatable bonds is 5. The van der Waals surface area contributed by atoms with E-state index in [0.717, 1.165) is 11.1 Å². The monoisotopic (exact) mass is 240 g/mol. The molecule has 0 fully saturated rings. The van der Waals surface area contributed by atoms with E-state index in [4.69, 9.17) is 11.5 Å². The van der Waals surface area contributed by atoms with E-state index < -0.39 is 5.91 Å². The number of amides is 2. The SMILES string of the molecule is CCC(C)NC(=O)Cn1nnc(C(N)=O)c1N. The smallest absolute Gasteiger partial charge is 0.273 e. The lowest BCUT2D eigenvalue weighted by molar-refractivity contribution is -0.122. The molecule has 17 heavy (non-hydrogen) atoms. The highest BCUT2D eigenvalue weighted by molar-refractivity contribution is 5.95. The summed E-state index contributed by atoms with van der Waals surface area (Å²) in [5.41, 5.74) is 10.5. The van der Waals surface area contributed by atoms with Crippen LogP contribution in [0.3, 0.4) is 0 Å². The maximum Gasteiger partial charge on any atom is 0.273 e. The summed E-state index contributed by atoms with van der Waals surface area (Å²) in [7, 11) is 0. The van der Waals surface area contributed by atoms with Gasteiger partial charge in [0.05, 0.1) is 0 Å². The lowest BCUT2D eigenvalue weighted by Crippen LogP contribution is -2.35. The molecule has 1 aromatic heterocycles. The zero-order chi connectivity index (χ0) is 13.0. The van der Waals surface area contributed by atoms with Crippen LogP contribution in [0, 0.1) is 0 Å². The molecule has 0 radical (unpaired) electrons. The van der Waals surface area contributed by atoms with Crippen molar-refractivity contribution in [3.05, 3.63) is 5.69 Å². The fraction of sp³-hybridized carbons (Fsp3) is 0.556. The number of anilines is 1. The van der Waals surface area contributed by atoms with Crippen LogP contribution in [-0.2, 0) is 11.3 Å². The number of carbonyl (C=O) groups excluding carboxylic acids is 2. The number of nitrogen functional groups attached to an aromatic ring is 1. The molecule has 0 aliphatic carbocycles. The predicted molar refractivity (Wildman–Crippen MR) is 60.8 cm³/mol. The highest BCUT2D eigenvalue weighted by atomic mass is 16.2. The average molecular weight is 240 g/mol. The van der Waals surface area contributed by atoms with Gasteiger partial charge in [-0.2, -0.15) is 0 Å². The second kappa shape index (κ2) is 5.28. The molecule has 1 unspecified atom stereocenters. The number of nitrogens with zero attached hydrogens (tertiary/aromatic N) is 3. The molecule has 0 aromatic carbocycles. The third-order valence-corrected chi connectivity index (χ3v) is 2.32. The highest BCUT2D eigenvalue weighted by Gasteiger charge is 2.16. The summed E-state index contributed by atoms with van der Waals surface area (Å²) in [4.78, 5) is 22.4. The van der Waals surface area contributed by atoms with Crippen molar-refractivity contribution >= 4 is 17.6 Å². The second-order valence-corrected chi connectivity index (χ2v) is 3.72. The maximum atomic E-state index is 11.5. The minimum Gasteiger partial charge on any atom is -0.382 e. The van der Waals surface area contributed by atoms with Crippen molar-refractivity contribution in [3.63, 3.8) is 0 Å². The number of primary amides is 1. The fourth-order valence-electron chi connectivity index (χ4n) is 1.17. The molecule has 1 heterocycles. The Morgan fingerprint density at radius 2 is 2.18 bits per heavy atom. The quantitative estimate of drug-likeness (QED) is 0.600. The van der Waals surface area contributed by atoms with Crippen LogP contribution in [0.5, 0.6) is 0 Å². The minimum absolute atomic E-state index is 0.00296. The molecule has 8 heteroatoms. The van der Waals surface area contributed by atoms with E-state index in [-0.39, 0.29) is 30.0 Å². The first-order valence-corrected chi connectivity index (χ1v) is 5.23. The summed E-state index contributed by atoms with van der Waals surface area (Å²) in [5.74, 6) is -1.01. The van der Waals surface area contributed by atoms with Gasteiger partial charge in [0, 0.05) is 6.04 Å². The number of carbonyl (C=O) groups is 2. The Morgan fingerprint density at radius 3 is 2.65 bits per heavy atom. The largest absolute Gasteiger partial charge is 0.382 e. The number of nitrogens with one attached hydrogen (secondary N) is 1. The van der Waals surface area contributed by atoms with E-state index >= 15 is 0 Å². The van der Waals surface area contributed by atoms with E-state index in [0.29, 0.717) is 0 Å². The van der Waals surface area contributed by atoms with E-state index in [1.54, 1.807) is 0 Å². The lowest BCUT2D eigenvalue weighted by Gasteiger charge is -2.11. The van der Waals surface area contributed by atoms with Crippen LogP contribution in [0.25, 0.3) is 0 Å². The first-order valence-electron chi connectivity index (χ1n) is 5.23. The molecule has 1 aromatic rings. The lowest BCUT2D eigenvalue weighted by atomic mass is 10.2. The van der Waals surface area contributed by atoms with Crippen LogP contribution >= 0.6 is 0 Å². The number of aromatic nitrogens is 3. The molecule has 94 valence electrons. The van der Waals surface area contributed by atoms with Crippen molar-refractivity contribution in [2.75, 3.05) is 5.73 Å². The molecule has 0 aliphatic rings. The average Bonchev–Trinajstić information content (AvgIpc) is 2.60. The van der Waals surface area contributed by atoms with Gasteiger partial charge in [-0.25, -0.2) is 4.68 Å². The van der Waals surface area contributed by atoms with Gasteiger partial charge in [-0.05, 0) is 13.3 Å². The zero-order valence-electron chi connectivity index (χ0n) is 9.80. The number of nitrogens with two attached hydrogens (primary N) is 2. The standard InChI is InChI=1S/C9H16N6O2/c1-3-5(2)12-6(16)4-15-8(10)7(9(11)17)13-14-15/h5H,3-4,10H2,1-2H3,(H2,11,17)(H,12,16). The molecule has 1 atom stereocenters. The van der Waals surface area contributed by atoms with Crippen LogP contribution in [0.1, 0.15) is 30.8 Å². The molecule has 0 aliphatic heterocycles. The van der Waals surface area contributed by atoms with Crippen LogP contribution in [0.4, 0.5) is 5.82 Å². The van der Waals surface area contributed by atoms with Gasteiger partial charge in [-0.3, -0.25) is 9.59 Å². The highest BCUT2D eigenvalue weighted by Crippen LogP contribution is 2.06. The summed E-state index contributed by atoms with van der Waals surface area (Å²) < 4.78 is 1.14. The van der Waals surface area contributed by atoms with Crippen molar-refractivity contribution in [2.24, 2.45) is 5.73 Å². The van der Waals surface area contributed by atoms with Gasteiger partial charge in [0.15, 0.2) is 11.5 Å². The maximum absolute atomic E-state index is 11.5. The third kappa shape index (κ3) is 3.16. The van der Waals surface area contributed by atoms with Gasteiger partial charge in [-0.1, -0.05) is 12.1 Å². The summed E-state index contributed by atoms with van der Waals surface area (Å²) >= 11 is 0. The van der Waals surface area contributed by atoms with Gasteiger partial charge in [0.25, 0.3) is 5.91 Å². The summed E-state index contributed by atoms with van der Waals surface area (Å²) in [5, 5.41) is 9.84. The minimum atomic E-state index is -0.768. The molecular formula is C9H16N6O2. The molecule has 0 spiro atoms. The van der Waals surface area contributed by atoms with Gasteiger partial charge in [-0.15, -0.1) is 5.10 Å². The van der Waals surface area contributed by atoms with Crippen molar-refractivity contribution in [2.45, 2.75) is 32.9 Å². The topological polar surface area (TPSA) is 129 Å². The van der Waals surface area contributed by atoms with Crippen LogP contribution in [0.2, 0.25) is 0 Å². The van der Waals surface area contributed by atoms with Crippen molar-refractivity contribution in [3.8, 4) is 0 Å². The van der Waals surface area contributed by atoms with Gasteiger partial charge in [0.1, 0.15) is 6.54 Å². The van der Waals surface area contributed by atoms with Crippen LogP contribution < -0.4 is 16.8 Å². The predicted octanol–water partition coefficient (Wildman–Crippen LogP) is -1.13. The Hall–Kier alpha value is -2.12. The number of hydrogen-bond acceptors (Lipinski definition) is 5. The molecular weight excluding hydrogens is 224 g/mol. The van der Waals surface area contributed by atoms with Gasteiger partial charge < -0.3 is 16.8 Å². The second-order valence-electron chi connectivity index (χ2n) is 3.72. The molecule has 2 amide bonds. The van der Waals surface area contributed by atoms with Gasteiger partial charge in [0.2, 0.25) is 5.91 Å². The normalized spacial score (nSPS) is 12.1. The summed E-state index contributed by atoms with van der Waals surface area (Å²) in [6.07, 6.45) is 0.825. The van der Waals surface area contributed by atoms with E-state index in [9.17, 15) is 9.59 Å². The Labute approximate surface area is 98.3 Å². The Bertz CT molecular complexity index is 427. The van der Waals surface area contributed by atoms with Gasteiger partial charge >= 0.3 is 0 Å². The van der Waals surface area contributed by atoms with Crippen molar-refractivity contribution in [1.29, 1.82) is 0 Å². The van der Waals surface area contributed by atoms with Crippen LogP contribution in [0.15, 0.2) is 0 Å². The van der Waals surface area contributed by atoms with Crippen LogP contribution in [-0.4, -0.2) is 32.9 Å². The Morgan fingerprint density at radius 1 is 1.53 bits per heavy atom. The molecule has 1 rings (SSSR count). The molecule has 8 nitrogen and oxygen atoms in total. The third-order valence-electron chi connectivity index (χ3n) is 2.32. The first-order chi connectivity index (χ1) is 7.95. The van der Waals surface area contributed by atoms with E-state index in [1.165, 1.54) is 0 Å². The zero-order valence-corrected chi connectivity index (χ0v) is 9.80. The Kier molecular flexibility index (Phi) is 4.02. The van der Waals surface area contributed by atoms with Crippen molar-refractivity contribution < 1.29 is 9.59 Å². The van der Waals surface area contributed by atoms with Crippen molar-refractivity contribution in [1.82, 2.24) is 20.3 Å². The Balaban J connectivity index is 2.69. The molecule has 0 saturated heterocycles.